The van der Waals surface area contributed by atoms with Crippen LogP contribution in [-0.2, 0) is 9.53 Å². The molecule has 0 aliphatic rings. The van der Waals surface area contributed by atoms with Crippen molar-refractivity contribution in [1.82, 2.24) is 0 Å². The summed E-state index contributed by atoms with van der Waals surface area (Å²) in [4.78, 5) is 10.7. The van der Waals surface area contributed by atoms with E-state index in [9.17, 15) is 4.79 Å². The minimum atomic E-state index is -0.230. The summed E-state index contributed by atoms with van der Waals surface area (Å²) in [5.74, 6) is -0.230. The van der Waals surface area contributed by atoms with Gasteiger partial charge in [0.1, 0.15) is 6.61 Å². The zero-order valence-electron chi connectivity index (χ0n) is 12.5. The van der Waals surface area contributed by atoms with Crippen LogP contribution >= 0.6 is 0 Å². The predicted octanol–water partition coefficient (Wildman–Crippen LogP) is 4.74. The van der Waals surface area contributed by atoms with E-state index in [1.54, 1.807) is 0 Å². The third kappa shape index (κ3) is 11.3. The molecule has 0 aliphatic heterocycles. The Morgan fingerprint density at radius 2 is 1.63 bits per heavy atom. The smallest absolute Gasteiger partial charge is 0.302 e. The first kappa shape index (κ1) is 17.4. The molecule has 0 spiro atoms. The van der Waals surface area contributed by atoms with Gasteiger partial charge in [-0.1, -0.05) is 42.5 Å². The van der Waals surface area contributed by atoms with Crippen LogP contribution in [0, 0.1) is 0 Å². The quantitative estimate of drug-likeness (QED) is 0.340. The number of carbonyl (C=O) groups excluding carboxylic acids is 1. The molecule has 2 nitrogen and oxygen atoms in total. The molecule has 0 aromatic heterocycles. The third-order valence-electron chi connectivity index (χ3n) is 2.78. The second kappa shape index (κ2) is 10.4. The van der Waals surface area contributed by atoms with Gasteiger partial charge in [0.05, 0.1) is 0 Å². The Morgan fingerprint density at radius 1 is 1.05 bits per heavy atom. The van der Waals surface area contributed by atoms with Crippen LogP contribution in [0.25, 0.3) is 0 Å². The molecule has 0 fully saturated rings. The van der Waals surface area contributed by atoms with E-state index in [0.29, 0.717) is 6.61 Å². The molecule has 2 heteroatoms. The lowest BCUT2D eigenvalue weighted by molar-refractivity contribution is -0.139. The maximum Gasteiger partial charge on any atom is 0.302 e. The first-order valence-corrected chi connectivity index (χ1v) is 6.70. The highest BCUT2D eigenvalue weighted by atomic mass is 16.5. The van der Waals surface area contributed by atoms with E-state index in [2.05, 4.69) is 32.2 Å². The van der Waals surface area contributed by atoms with Gasteiger partial charge in [-0.2, -0.15) is 0 Å². The number of hydrogen-bond acceptors (Lipinski definition) is 2. The molecule has 0 aromatic rings. The van der Waals surface area contributed by atoms with Crippen molar-refractivity contribution in [3.05, 3.63) is 48.1 Å². The number of allylic oxidation sites excluding steroid dienone is 5. The molecular formula is C17H26O2. The molecule has 0 atom stereocenters. The Hall–Kier alpha value is -1.57. The zero-order chi connectivity index (χ0) is 14.7. The van der Waals surface area contributed by atoms with E-state index >= 15 is 0 Å². The number of rotatable bonds is 9. The number of esters is 1. The Kier molecular flexibility index (Phi) is 9.51. The SMILES string of the molecule is C=CC(=C)CCC=C(C)CCC=C(C)COC(C)=O. The van der Waals surface area contributed by atoms with Crippen molar-refractivity contribution in [2.24, 2.45) is 0 Å². The van der Waals surface area contributed by atoms with Crippen LogP contribution in [0.3, 0.4) is 0 Å². The van der Waals surface area contributed by atoms with Gasteiger partial charge in [0.25, 0.3) is 0 Å². The van der Waals surface area contributed by atoms with E-state index in [1.165, 1.54) is 12.5 Å². The van der Waals surface area contributed by atoms with Gasteiger partial charge in [0, 0.05) is 6.92 Å². The van der Waals surface area contributed by atoms with E-state index in [-0.39, 0.29) is 5.97 Å². The van der Waals surface area contributed by atoms with Gasteiger partial charge in [-0.15, -0.1) is 0 Å². The fraction of sp³-hybridized carbons (Fsp3) is 0.471. The molecule has 0 aromatic carbocycles. The molecule has 0 bridgehead atoms. The lowest BCUT2D eigenvalue weighted by Crippen LogP contribution is -2.01. The average Bonchev–Trinajstić information content (AvgIpc) is 2.36. The fourth-order valence-corrected chi connectivity index (χ4v) is 1.53. The Balaban J connectivity index is 3.88. The lowest BCUT2D eigenvalue weighted by Gasteiger charge is -2.03. The second-order valence-electron chi connectivity index (χ2n) is 4.82. The van der Waals surface area contributed by atoms with Crippen LogP contribution in [0.15, 0.2) is 48.1 Å². The van der Waals surface area contributed by atoms with Crippen molar-refractivity contribution >= 4 is 5.97 Å². The highest BCUT2D eigenvalue weighted by Gasteiger charge is 1.95. The fourth-order valence-electron chi connectivity index (χ4n) is 1.53. The summed E-state index contributed by atoms with van der Waals surface area (Å²) in [5, 5.41) is 0. The van der Waals surface area contributed by atoms with Gasteiger partial charge in [0.2, 0.25) is 0 Å². The Morgan fingerprint density at radius 3 is 2.21 bits per heavy atom. The molecule has 0 heterocycles. The summed E-state index contributed by atoms with van der Waals surface area (Å²) in [7, 11) is 0. The van der Waals surface area contributed by atoms with Crippen molar-refractivity contribution in [2.45, 2.75) is 46.5 Å². The predicted molar refractivity (Wildman–Crippen MR) is 82.0 cm³/mol. The van der Waals surface area contributed by atoms with E-state index in [0.717, 1.165) is 36.8 Å². The van der Waals surface area contributed by atoms with Crippen molar-refractivity contribution in [2.75, 3.05) is 6.61 Å². The molecular weight excluding hydrogens is 236 g/mol. The molecule has 19 heavy (non-hydrogen) atoms. The second-order valence-corrected chi connectivity index (χ2v) is 4.82. The highest BCUT2D eigenvalue weighted by Crippen LogP contribution is 2.11. The Bertz CT molecular complexity index is 373. The molecule has 106 valence electrons. The van der Waals surface area contributed by atoms with Crippen LogP contribution in [-0.4, -0.2) is 12.6 Å². The van der Waals surface area contributed by atoms with Crippen molar-refractivity contribution in [3.8, 4) is 0 Å². The van der Waals surface area contributed by atoms with Crippen LogP contribution < -0.4 is 0 Å². The molecule has 0 radical (unpaired) electrons. The van der Waals surface area contributed by atoms with Gasteiger partial charge >= 0.3 is 5.97 Å². The lowest BCUT2D eigenvalue weighted by atomic mass is 10.1. The van der Waals surface area contributed by atoms with Crippen molar-refractivity contribution in [1.29, 1.82) is 0 Å². The summed E-state index contributed by atoms with van der Waals surface area (Å²) in [6.07, 6.45) is 10.2. The van der Waals surface area contributed by atoms with Crippen LogP contribution in [0.1, 0.15) is 46.5 Å². The van der Waals surface area contributed by atoms with Gasteiger partial charge in [-0.05, 0) is 45.1 Å². The Labute approximate surface area is 117 Å². The molecule has 0 unspecified atom stereocenters. The molecule has 0 rings (SSSR count). The largest absolute Gasteiger partial charge is 0.461 e. The summed E-state index contributed by atoms with van der Waals surface area (Å²) in [6.45, 7) is 13.5. The van der Waals surface area contributed by atoms with E-state index in [1.807, 2.05) is 13.0 Å². The number of carbonyl (C=O) groups is 1. The van der Waals surface area contributed by atoms with Gasteiger partial charge in [0.15, 0.2) is 0 Å². The summed E-state index contributed by atoms with van der Waals surface area (Å²) in [6, 6.07) is 0. The summed E-state index contributed by atoms with van der Waals surface area (Å²) in [5.41, 5.74) is 3.57. The van der Waals surface area contributed by atoms with Crippen LogP contribution in [0.2, 0.25) is 0 Å². The van der Waals surface area contributed by atoms with Gasteiger partial charge < -0.3 is 4.74 Å². The summed E-state index contributed by atoms with van der Waals surface area (Å²) >= 11 is 0. The monoisotopic (exact) mass is 262 g/mol. The first-order chi connectivity index (χ1) is 8.95. The van der Waals surface area contributed by atoms with Gasteiger partial charge in [-0.25, -0.2) is 0 Å². The van der Waals surface area contributed by atoms with Gasteiger partial charge in [-0.3, -0.25) is 4.79 Å². The zero-order valence-corrected chi connectivity index (χ0v) is 12.5. The molecule has 0 saturated heterocycles. The molecule has 0 aliphatic carbocycles. The topological polar surface area (TPSA) is 26.3 Å². The van der Waals surface area contributed by atoms with Crippen LogP contribution in [0.5, 0.6) is 0 Å². The van der Waals surface area contributed by atoms with Crippen LogP contribution in [0.4, 0.5) is 0 Å². The normalized spacial score (nSPS) is 12.2. The number of hydrogen-bond donors (Lipinski definition) is 0. The first-order valence-electron chi connectivity index (χ1n) is 6.70. The minimum Gasteiger partial charge on any atom is -0.461 e. The number of ether oxygens (including phenoxy) is 1. The minimum absolute atomic E-state index is 0.230. The maximum atomic E-state index is 10.7. The highest BCUT2D eigenvalue weighted by molar-refractivity contribution is 5.66. The van der Waals surface area contributed by atoms with E-state index < -0.39 is 0 Å². The van der Waals surface area contributed by atoms with E-state index in [4.69, 9.17) is 4.74 Å². The third-order valence-corrected chi connectivity index (χ3v) is 2.78. The molecule has 0 N–H and O–H groups in total. The average molecular weight is 262 g/mol. The molecule has 0 amide bonds. The standard InChI is InChI=1S/C17H26O2/c1-6-14(2)9-7-10-15(3)11-8-12-16(4)13-19-17(5)18/h6,10,12H,1-2,7-9,11,13H2,3-5H3. The molecule has 0 saturated carbocycles. The maximum absolute atomic E-state index is 10.7. The van der Waals surface area contributed by atoms with Crippen molar-refractivity contribution < 1.29 is 9.53 Å². The van der Waals surface area contributed by atoms with Crippen molar-refractivity contribution in [3.63, 3.8) is 0 Å². The summed E-state index contributed by atoms with van der Waals surface area (Å²) < 4.78 is 4.92.